The second-order valence-electron chi connectivity index (χ2n) is 10.8. The molecular formula is C29H51N4O6P. The van der Waals surface area contributed by atoms with Gasteiger partial charge in [0.2, 0.25) is 0 Å². The average Bonchev–Trinajstić information content (AvgIpc) is 3.59. The number of nitrogen functional groups attached to an aromatic ring is 1. The van der Waals surface area contributed by atoms with Gasteiger partial charge < -0.3 is 20.1 Å². The summed E-state index contributed by atoms with van der Waals surface area (Å²) in [5, 5.41) is 4.25. The number of nitrogens with zero attached hydrogens (tertiary/aromatic N) is 3. The van der Waals surface area contributed by atoms with Crippen LogP contribution in [0.3, 0.4) is 0 Å². The molecule has 40 heavy (non-hydrogen) atoms. The first-order valence-electron chi connectivity index (χ1n) is 15.4. The molecule has 3 N–H and O–H groups in total. The maximum Gasteiger partial charge on any atom is 0.472 e. The van der Waals surface area contributed by atoms with Gasteiger partial charge in [-0.05, 0) is 31.4 Å². The number of hydrogen-bond donors (Lipinski definition) is 2. The number of hydrogen-bond acceptors (Lipinski definition) is 8. The molecule has 2 aromatic heterocycles. The quantitative estimate of drug-likeness (QED) is 0.103. The fraction of sp³-hybridized carbons (Fsp3) is 0.793. The van der Waals surface area contributed by atoms with Crippen LogP contribution in [0.25, 0.3) is 5.52 Å². The van der Waals surface area contributed by atoms with Crippen LogP contribution < -0.4 is 5.73 Å². The van der Waals surface area contributed by atoms with Crippen molar-refractivity contribution in [2.75, 3.05) is 32.2 Å². The molecule has 0 radical (unpaired) electrons. The number of ether oxygens (including phenoxy) is 2. The summed E-state index contributed by atoms with van der Waals surface area (Å²) in [4.78, 5) is 14.0. The number of nitrogens with two attached hydrogens (primary N) is 1. The Labute approximate surface area is 239 Å². The fourth-order valence-electron chi connectivity index (χ4n) is 5.19. The van der Waals surface area contributed by atoms with E-state index in [0.29, 0.717) is 18.8 Å². The zero-order valence-electron chi connectivity index (χ0n) is 24.4. The van der Waals surface area contributed by atoms with E-state index in [-0.39, 0.29) is 32.0 Å². The molecule has 1 aliphatic heterocycles. The van der Waals surface area contributed by atoms with Crippen molar-refractivity contribution in [3.8, 4) is 0 Å². The van der Waals surface area contributed by atoms with Crippen molar-refractivity contribution in [1.29, 1.82) is 0 Å². The second kappa shape index (κ2) is 18.8. The first-order valence-corrected chi connectivity index (χ1v) is 16.9. The van der Waals surface area contributed by atoms with E-state index in [1.807, 2.05) is 12.1 Å². The standard InChI is InChI=1S/C29H51N4O6P/c1-2-3-4-5-6-7-8-9-10-11-12-13-14-15-20-36-21-22-37-40(34,35)38-23-25-16-19-28(39-25)26-17-18-27-29(30)31-24-32-33(26)27/h17-18,24-25,28H,2-16,19-23H2,1H3,(H,34,35)(H2,30,31,32). The number of fused-ring (bicyclic) bond motifs is 1. The van der Waals surface area contributed by atoms with Gasteiger partial charge in [0.25, 0.3) is 0 Å². The van der Waals surface area contributed by atoms with Crippen LogP contribution in [-0.4, -0.2) is 52.0 Å². The highest BCUT2D eigenvalue weighted by molar-refractivity contribution is 7.47. The molecule has 228 valence electrons. The van der Waals surface area contributed by atoms with Crippen LogP contribution >= 0.6 is 7.82 Å². The van der Waals surface area contributed by atoms with Gasteiger partial charge in [-0.25, -0.2) is 14.1 Å². The normalized spacial score (nSPS) is 18.9. The Bertz CT molecular complexity index is 1010. The Morgan fingerprint density at radius 3 is 2.25 bits per heavy atom. The molecule has 0 amide bonds. The van der Waals surface area contributed by atoms with Crippen molar-refractivity contribution in [2.24, 2.45) is 0 Å². The van der Waals surface area contributed by atoms with E-state index in [2.05, 4.69) is 17.0 Å². The SMILES string of the molecule is CCCCCCCCCCCCCCCCOCCOP(=O)(O)OCC1CCC(c2ccc3c(N)ncnn23)O1. The zero-order chi connectivity index (χ0) is 28.5. The van der Waals surface area contributed by atoms with E-state index >= 15 is 0 Å². The average molecular weight is 583 g/mol. The third-order valence-corrected chi connectivity index (χ3v) is 8.48. The molecule has 1 fully saturated rings. The Morgan fingerprint density at radius 2 is 1.57 bits per heavy atom. The smallest absolute Gasteiger partial charge is 0.382 e. The third-order valence-electron chi connectivity index (χ3n) is 7.50. The van der Waals surface area contributed by atoms with Gasteiger partial charge >= 0.3 is 7.82 Å². The van der Waals surface area contributed by atoms with Gasteiger partial charge in [-0.3, -0.25) is 9.05 Å². The molecule has 0 aliphatic carbocycles. The van der Waals surface area contributed by atoms with Gasteiger partial charge in [0, 0.05) is 6.61 Å². The summed E-state index contributed by atoms with van der Waals surface area (Å²) in [7, 11) is -4.16. The predicted molar refractivity (Wildman–Crippen MR) is 157 cm³/mol. The molecule has 2 aromatic rings. The lowest BCUT2D eigenvalue weighted by Crippen LogP contribution is -2.15. The lowest BCUT2D eigenvalue weighted by atomic mass is 10.0. The Morgan fingerprint density at radius 1 is 0.925 bits per heavy atom. The molecule has 0 bridgehead atoms. The Kier molecular flexibility index (Phi) is 15.5. The highest BCUT2D eigenvalue weighted by atomic mass is 31.2. The van der Waals surface area contributed by atoms with Crippen molar-refractivity contribution < 1.29 is 28.0 Å². The zero-order valence-corrected chi connectivity index (χ0v) is 25.3. The molecule has 3 unspecified atom stereocenters. The molecular weight excluding hydrogens is 531 g/mol. The first-order chi connectivity index (χ1) is 19.5. The minimum absolute atomic E-state index is 0.0117. The lowest BCUT2D eigenvalue weighted by molar-refractivity contribution is 0.00250. The van der Waals surface area contributed by atoms with Crippen LogP contribution in [0.5, 0.6) is 0 Å². The van der Waals surface area contributed by atoms with Crippen LogP contribution in [0, 0.1) is 0 Å². The molecule has 3 atom stereocenters. The van der Waals surface area contributed by atoms with Gasteiger partial charge in [-0.1, -0.05) is 90.4 Å². The maximum absolute atomic E-state index is 12.2. The number of phosphoric acid groups is 1. The van der Waals surface area contributed by atoms with E-state index < -0.39 is 7.82 Å². The van der Waals surface area contributed by atoms with Crippen molar-refractivity contribution >= 4 is 19.2 Å². The largest absolute Gasteiger partial charge is 0.472 e. The Balaban J connectivity index is 1.13. The van der Waals surface area contributed by atoms with E-state index in [9.17, 15) is 9.46 Å². The minimum atomic E-state index is -4.16. The topological polar surface area (TPSA) is 130 Å². The molecule has 10 nitrogen and oxygen atoms in total. The summed E-state index contributed by atoms with van der Waals surface area (Å²) in [6, 6.07) is 3.77. The van der Waals surface area contributed by atoms with Crippen LogP contribution in [0.2, 0.25) is 0 Å². The lowest BCUT2D eigenvalue weighted by Gasteiger charge is -2.16. The van der Waals surface area contributed by atoms with Crippen LogP contribution in [0.15, 0.2) is 18.5 Å². The van der Waals surface area contributed by atoms with E-state index in [0.717, 1.165) is 30.5 Å². The minimum Gasteiger partial charge on any atom is -0.382 e. The van der Waals surface area contributed by atoms with E-state index in [1.54, 1.807) is 4.52 Å². The highest BCUT2D eigenvalue weighted by Gasteiger charge is 2.31. The van der Waals surface area contributed by atoms with Gasteiger partial charge in [-0.15, -0.1) is 0 Å². The fourth-order valence-corrected chi connectivity index (χ4v) is 5.92. The molecule has 1 saturated heterocycles. The van der Waals surface area contributed by atoms with Gasteiger partial charge in [0.05, 0.1) is 31.6 Å². The monoisotopic (exact) mass is 582 g/mol. The molecule has 3 heterocycles. The summed E-state index contributed by atoms with van der Waals surface area (Å²) in [6.07, 6.45) is 20.8. The number of unbranched alkanes of at least 4 members (excludes halogenated alkanes) is 13. The van der Waals surface area contributed by atoms with E-state index in [1.165, 1.54) is 83.4 Å². The molecule has 0 saturated carbocycles. The highest BCUT2D eigenvalue weighted by Crippen LogP contribution is 2.44. The van der Waals surface area contributed by atoms with Crippen molar-refractivity contribution in [3.63, 3.8) is 0 Å². The first kappa shape index (κ1) is 33.0. The van der Waals surface area contributed by atoms with Crippen molar-refractivity contribution in [2.45, 2.75) is 122 Å². The van der Waals surface area contributed by atoms with Gasteiger partial charge in [0.1, 0.15) is 17.9 Å². The van der Waals surface area contributed by atoms with Gasteiger partial charge in [-0.2, -0.15) is 5.10 Å². The van der Waals surface area contributed by atoms with Crippen LogP contribution in [0.4, 0.5) is 5.82 Å². The molecule has 1 aliphatic rings. The summed E-state index contributed by atoms with van der Waals surface area (Å²) in [5.74, 6) is 0.404. The Hall–Kier alpha value is -1.55. The van der Waals surface area contributed by atoms with Crippen LogP contribution in [0.1, 0.15) is 121 Å². The molecule has 11 heteroatoms. The summed E-state index contributed by atoms with van der Waals surface area (Å²) >= 11 is 0. The summed E-state index contributed by atoms with van der Waals surface area (Å²) < 4.78 is 35.8. The van der Waals surface area contributed by atoms with Crippen LogP contribution in [-0.2, 0) is 23.1 Å². The van der Waals surface area contributed by atoms with Gasteiger partial charge in [0.15, 0.2) is 5.82 Å². The molecule has 0 spiro atoms. The summed E-state index contributed by atoms with van der Waals surface area (Å²) in [6.45, 7) is 3.16. The van der Waals surface area contributed by atoms with E-state index in [4.69, 9.17) is 24.3 Å². The summed E-state index contributed by atoms with van der Waals surface area (Å²) in [5.41, 5.74) is 7.49. The van der Waals surface area contributed by atoms with Crippen molar-refractivity contribution in [1.82, 2.24) is 14.6 Å². The predicted octanol–water partition coefficient (Wildman–Crippen LogP) is 7.16. The number of phosphoric ester groups is 1. The number of aromatic nitrogens is 3. The second-order valence-corrected chi connectivity index (χ2v) is 12.3. The third kappa shape index (κ3) is 12.1. The number of anilines is 1. The number of rotatable bonds is 23. The molecule has 3 rings (SSSR count). The molecule has 0 aromatic carbocycles. The van der Waals surface area contributed by atoms with Crippen molar-refractivity contribution in [3.05, 3.63) is 24.2 Å². The maximum atomic E-state index is 12.2.